The van der Waals surface area contributed by atoms with Crippen LogP contribution in [0.5, 0.6) is 0 Å². The second-order valence-electron chi connectivity index (χ2n) is 8.21. The summed E-state index contributed by atoms with van der Waals surface area (Å²) in [5, 5.41) is 3.08. The molecule has 32 heavy (non-hydrogen) atoms. The molecule has 0 saturated carbocycles. The minimum Gasteiger partial charge on any atom is -0.378 e. The fourth-order valence-electron chi connectivity index (χ4n) is 3.61. The predicted molar refractivity (Wildman–Crippen MR) is 130 cm³/mol. The van der Waals surface area contributed by atoms with Crippen LogP contribution in [0.25, 0.3) is 11.1 Å². The summed E-state index contributed by atoms with van der Waals surface area (Å²) in [7, 11) is 4.03. The molecule has 4 aromatic rings. The largest absolute Gasteiger partial charge is 0.378 e. The van der Waals surface area contributed by atoms with E-state index in [1.807, 2.05) is 55.2 Å². The van der Waals surface area contributed by atoms with Gasteiger partial charge in [0.1, 0.15) is 5.69 Å². The molecule has 0 bridgehead atoms. The number of pyridine rings is 1. The highest BCUT2D eigenvalue weighted by molar-refractivity contribution is 5.94. The fraction of sp³-hybridized carbons (Fsp3) is 0.185. The van der Waals surface area contributed by atoms with E-state index >= 15 is 0 Å². The van der Waals surface area contributed by atoms with Crippen LogP contribution in [0.15, 0.2) is 85.3 Å². The van der Waals surface area contributed by atoms with E-state index in [0.717, 1.165) is 27.9 Å². The molecule has 0 aliphatic carbocycles. The summed E-state index contributed by atoms with van der Waals surface area (Å²) in [6.45, 7) is 3.18. The molecule has 1 amide bonds. The van der Waals surface area contributed by atoms with Gasteiger partial charge in [-0.15, -0.1) is 0 Å². The SMILES string of the molecule is Cc1ccc(Cn2cc(-c3ccncc3)cc2C(=O)NCc2ccc(N(C)C)cc2)cc1. The summed E-state index contributed by atoms with van der Waals surface area (Å²) in [6.07, 6.45) is 5.57. The van der Waals surface area contributed by atoms with Gasteiger partial charge in [0.2, 0.25) is 0 Å². The molecule has 4 rings (SSSR count). The molecule has 0 aliphatic heterocycles. The van der Waals surface area contributed by atoms with Gasteiger partial charge in [-0.2, -0.15) is 0 Å². The van der Waals surface area contributed by atoms with E-state index in [-0.39, 0.29) is 5.91 Å². The van der Waals surface area contributed by atoms with Gasteiger partial charge >= 0.3 is 0 Å². The second-order valence-corrected chi connectivity index (χ2v) is 8.21. The number of rotatable bonds is 7. The number of hydrogen-bond acceptors (Lipinski definition) is 3. The van der Waals surface area contributed by atoms with Crippen LogP contribution in [0.4, 0.5) is 5.69 Å². The number of aryl methyl sites for hydroxylation is 1. The molecule has 5 heteroatoms. The quantitative estimate of drug-likeness (QED) is 0.459. The van der Waals surface area contributed by atoms with Gasteiger partial charge < -0.3 is 14.8 Å². The van der Waals surface area contributed by atoms with Crippen molar-refractivity contribution in [1.82, 2.24) is 14.9 Å². The molecule has 0 fully saturated rings. The van der Waals surface area contributed by atoms with Gasteiger partial charge in [0.15, 0.2) is 0 Å². The van der Waals surface area contributed by atoms with E-state index < -0.39 is 0 Å². The van der Waals surface area contributed by atoms with Crippen LogP contribution in [0.2, 0.25) is 0 Å². The van der Waals surface area contributed by atoms with E-state index in [4.69, 9.17) is 0 Å². The van der Waals surface area contributed by atoms with Crippen molar-refractivity contribution < 1.29 is 4.79 Å². The van der Waals surface area contributed by atoms with E-state index in [9.17, 15) is 4.79 Å². The van der Waals surface area contributed by atoms with Gasteiger partial charge in [-0.25, -0.2) is 0 Å². The van der Waals surface area contributed by atoms with E-state index in [1.165, 1.54) is 5.56 Å². The normalized spacial score (nSPS) is 10.7. The molecule has 0 unspecified atom stereocenters. The van der Waals surface area contributed by atoms with Crippen LogP contribution >= 0.6 is 0 Å². The Morgan fingerprint density at radius 1 is 0.906 bits per heavy atom. The minimum absolute atomic E-state index is 0.0888. The van der Waals surface area contributed by atoms with Crippen molar-refractivity contribution in [2.24, 2.45) is 0 Å². The van der Waals surface area contributed by atoms with Crippen molar-refractivity contribution in [3.8, 4) is 11.1 Å². The Labute approximate surface area is 189 Å². The summed E-state index contributed by atoms with van der Waals surface area (Å²) in [6, 6.07) is 22.5. The van der Waals surface area contributed by atoms with Gasteiger partial charge in [-0.1, -0.05) is 42.0 Å². The molecule has 0 atom stereocenters. The van der Waals surface area contributed by atoms with Crippen molar-refractivity contribution in [2.75, 3.05) is 19.0 Å². The van der Waals surface area contributed by atoms with Crippen molar-refractivity contribution in [1.29, 1.82) is 0 Å². The first-order valence-electron chi connectivity index (χ1n) is 10.7. The lowest BCUT2D eigenvalue weighted by molar-refractivity contribution is 0.0942. The lowest BCUT2D eigenvalue weighted by atomic mass is 10.1. The molecular weight excluding hydrogens is 396 g/mol. The van der Waals surface area contributed by atoms with E-state index in [1.54, 1.807) is 12.4 Å². The molecule has 2 heterocycles. The number of nitrogens with one attached hydrogen (secondary N) is 1. The van der Waals surface area contributed by atoms with Gasteiger partial charge in [0.05, 0.1) is 0 Å². The van der Waals surface area contributed by atoms with Crippen molar-refractivity contribution >= 4 is 11.6 Å². The smallest absolute Gasteiger partial charge is 0.268 e. The maximum absolute atomic E-state index is 13.2. The first kappa shape index (κ1) is 21.4. The summed E-state index contributed by atoms with van der Waals surface area (Å²) < 4.78 is 2.02. The number of benzene rings is 2. The van der Waals surface area contributed by atoms with Crippen molar-refractivity contribution in [3.63, 3.8) is 0 Å². The third kappa shape index (κ3) is 5.06. The summed E-state index contributed by atoms with van der Waals surface area (Å²) in [5.74, 6) is -0.0888. The lowest BCUT2D eigenvalue weighted by Gasteiger charge is -2.13. The molecule has 0 saturated heterocycles. The van der Waals surface area contributed by atoms with Gasteiger partial charge in [-0.05, 0) is 53.9 Å². The molecule has 2 aromatic heterocycles. The lowest BCUT2D eigenvalue weighted by Crippen LogP contribution is -2.25. The molecule has 1 N–H and O–H groups in total. The standard InChI is InChI=1S/C27H28N4O/c1-20-4-6-22(7-5-20)18-31-19-24(23-12-14-28-15-13-23)16-26(31)27(32)29-17-21-8-10-25(11-9-21)30(2)3/h4-16,19H,17-18H2,1-3H3,(H,29,32). The Balaban J connectivity index is 1.56. The topological polar surface area (TPSA) is 50.2 Å². The van der Waals surface area contributed by atoms with Gasteiger partial charge in [-0.3, -0.25) is 9.78 Å². The fourth-order valence-corrected chi connectivity index (χ4v) is 3.61. The Morgan fingerprint density at radius 2 is 1.56 bits per heavy atom. The molecule has 0 radical (unpaired) electrons. The third-order valence-electron chi connectivity index (χ3n) is 5.52. The van der Waals surface area contributed by atoms with Crippen LogP contribution in [0, 0.1) is 6.92 Å². The maximum atomic E-state index is 13.2. The monoisotopic (exact) mass is 424 g/mol. The van der Waals surface area contributed by atoms with E-state index in [2.05, 4.69) is 58.5 Å². The van der Waals surface area contributed by atoms with Crippen LogP contribution < -0.4 is 10.2 Å². The number of hydrogen-bond donors (Lipinski definition) is 1. The number of nitrogens with zero attached hydrogens (tertiary/aromatic N) is 3. The van der Waals surface area contributed by atoms with Crippen molar-refractivity contribution in [3.05, 3.63) is 108 Å². The zero-order valence-electron chi connectivity index (χ0n) is 18.7. The average molecular weight is 425 g/mol. The second kappa shape index (κ2) is 9.52. The Kier molecular flexibility index (Phi) is 6.36. The molecule has 2 aromatic carbocycles. The van der Waals surface area contributed by atoms with Crippen LogP contribution in [0.3, 0.4) is 0 Å². The summed E-state index contributed by atoms with van der Waals surface area (Å²) in [5.41, 5.74) is 7.25. The Hall–Kier alpha value is -3.86. The van der Waals surface area contributed by atoms with Gasteiger partial charge in [0, 0.05) is 57.0 Å². The maximum Gasteiger partial charge on any atom is 0.268 e. The summed E-state index contributed by atoms with van der Waals surface area (Å²) in [4.78, 5) is 19.3. The Morgan fingerprint density at radius 3 is 2.22 bits per heavy atom. The zero-order chi connectivity index (χ0) is 22.5. The first-order valence-corrected chi connectivity index (χ1v) is 10.7. The van der Waals surface area contributed by atoms with Crippen LogP contribution in [-0.4, -0.2) is 29.6 Å². The van der Waals surface area contributed by atoms with Gasteiger partial charge in [0.25, 0.3) is 5.91 Å². The number of aromatic nitrogens is 2. The molecular formula is C27H28N4O. The summed E-state index contributed by atoms with van der Waals surface area (Å²) >= 11 is 0. The van der Waals surface area contributed by atoms with Crippen LogP contribution in [-0.2, 0) is 13.1 Å². The molecule has 0 aliphatic rings. The highest BCUT2D eigenvalue weighted by Gasteiger charge is 2.15. The average Bonchev–Trinajstić information content (AvgIpc) is 3.24. The highest BCUT2D eigenvalue weighted by atomic mass is 16.1. The third-order valence-corrected chi connectivity index (χ3v) is 5.52. The van der Waals surface area contributed by atoms with E-state index in [0.29, 0.717) is 18.8 Å². The first-order chi connectivity index (χ1) is 15.5. The van der Waals surface area contributed by atoms with Crippen molar-refractivity contribution in [2.45, 2.75) is 20.0 Å². The number of carbonyl (C=O) groups is 1. The number of amides is 1. The minimum atomic E-state index is -0.0888. The number of carbonyl (C=O) groups excluding carboxylic acids is 1. The zero-order valence-corrected chi connectivity index (χ0v) is 18.7. The van der Waals surface area contributed by atoms with Crippen LogP contribution in [0.1, 0.15) is 27.2 Å². The number of anilines is 1. The predicted octanol–water partition coefficient (Wildman–Crippen LogP) is 4.90. The highest BCUT2D eigenvalue weighted by Crippen LogP contribution is 2.23. The Bertz CT molecular complexity index is 1180. The molecule has 162 valence electrons. The molecule has 5 nitrogen and oxygen atoms in total. The molecule has 0 spiro atoms.